The highest BCUT2D eigenvalue weighted by Crippen LogP contribution is 2.21. The largest absolute Gasteiger partial charge is 0.460 e. The third kappa shape index (κ3) is 5.57. The van der Waals surface area contributed by atoms with Gasteiger partial charge in [0.15, 0.2) is 0 Å². The molecular formula is C15H24N2O4. The number of esters is 1. The summed E-state index contributed by atoms with van der Waals surface area (Å²) in [6, 6.07) is -0.206. The fourth-order valence-corrected chi connectivity index (χ4v) is 2.10. The quantitative estimate of drug-likeness (QED) is 0.845. The van der Waals surface area contributed by atoms with Crippen molar-refractivity contribution >= 4 is 11.9 Å². The van der Waals surface area contributed by atoms with Gasteiger partial charge in [-0.1, -0.05) is 5.16 Å². The van der Waals surface area contributed by atoms with Crippen LogP contribution in [0, 0.1) is 13.8 Å². The molecule has 6 nitrogen and oxygen atoms in total. The predicted octanol–water partition coefficient (Wildman–Crippen LogP) is 2.59. The van der Waals surface area contributed by atoms with Gasteiger partial charge in [-0.05, 0) is 41.5 Å². The summed E-state index contributed by atoms with van der Waals surface area (Å²) in [5.41, 5.74) is 1.10. The molecule has 0 spiro atoms. The smallest absolute Gasteiger partial charge is 0.306 e. The summed E-state index contributed by atoms with van der Waals surface area (Å²) in [7, 11) is 0. The maximum atomic E-state index is 11.9. The van der Waals surface area contributed by atoms with E-state index in [1.165, 1.54) is 0 Å². The Labute approximate surface area is 125 Å². The molecule has 1 aromatic rings. The Kier molecular flexibility index (Phi) is 5.52. The molecular weight excluding hydrogens is 272 g/mol. The van der Waals surface area contributed by atoms with Crippen molar-refractivity contribution in [2.75, 3.05) is 0 Å². The van der Waals surface area contributed by atoms with Crippen LogP contribution >= 0.6 is 0 Å². The van der Waals surface area contributed by atoms with Crippen molar-refractivity contribution in [2.24, 2.45) is 0 Å². The molecule has 1 heterocycles. The van der Waals surface area contributed by atoms with Gasteiger partial charge >= 0.3 is 5.97 Å². The van der Waals surface area contributed by atoms with E-state index in [1.54, 1.807) is 27.7 Å². The van der Waals surface area contributed by atoms with Crippen LogP contribution in [0.15, 0.2) is 4.52 Å². The second-order valence-electron chi connectivity index (χ2n) is 6.11. The topological polar surface area (TPSA) is 81.4 Å². The monoisotopic (exact) mass is 296 g/mol. The molecule has 1 atom stereocenters. The summed E-state index contributed by atoms with van der Waals surface area (Å²) in [4.78, 5) is 23.4. The fourth-order valence-electron chi connectivity index (χ4n) is 2.10. The van der Waals surface area contributed by atoms with Gasteiger partial charge < -0.3 is 14.6 Å². The van der Waals surface area contributed by atoms with E-state index in [9.17, 15) is 9.59 Å². The molecule has 1 rings (SSSR count). The van der Waals surface area contributed by atoms with Crippen molar-refractivity contribution in [3.63, 3.8) is 0 Å². The maximum Gasteiger partial charge on any atom is 0.306 e. The van der Waals surface area contributed by atoms with Crippen LogP contribution in [-0.2, 0) is 14.3 Å². The molecule has 0 aliphatic rings. The van der Waals surface area contributed by atoms with Crippen LogP contribution in [0.4, 0.5) is 0 Å². The summed E-state index contributed by atoms with van der Waals surface area (Å²) >= 11 is 0. The summed E-state index contributed by atoms with van der Waals surface area (Å²) in [5.74, 6) is 0.114. The Bertz CT molecular complexity index is 495. The van der Waals surface area contributed by atoms with Crippen LogP contribution in [-0.4, -0.2) is 22.6 Å². The summed E-state index contributed by atoms with van der Waals surface area (Å²) in [6.07, 6.45) is 0.167. The average molecular weight is 296 g/mol. The molecule has 1 aromatic heterocycles. The van der Waals surface area contributed by atoms with E-state index in [4.69, 9.17) is 9.26 Å². The second kappa shape index (κ2) is 6.74. The van der Waals surface area contributed by atoms with Gasteiger partial charge in [0, 0.05) is 12.0 Å². The van der Waals surface area contributed by atoms with Crippen molar-refractivity contribution in [2.45, 2.75) is 66.0 Å². The van der Waals surface area contributed by atoms with Gasteiger partial charge in [0.05, 0.1) is 18.2 Å². The highest BCUT2D eigenvalue weighted by Gasteiger charge is 2.20. The zero-order valence-electron chi connectivity index (χ0n) is 13.6. The van der Waals surface area contributed by atoms with Crippen molar-refractivity contribution in [3.8, 4) is 0 Å². The molecule has 1 amide bonds. The van der Waals surface area contributed by atoms with E-state index in [1.807, 2.05) is 13.8 Å². The minimum absolute atomic E-state index is 0.0669. The van der Waals surface area contributed by atoms with Gasteiger partial charge in [-0.3, -0.25) is 9.59 Å². The molecule has 0 bridgehead atoms. The Morgan fingerprint density at radius 2 is 1.90 bits per heavy atom. The molecule has 0 fully saturated rings. The van der Waals surface area contributed by atoms with Crippen molar-refractivity contribution in [1.29, 1.82) is 0 Å². The van der Waals surface area contributed by atoms with E-state index in [-0.39, 0.29) is 30.8 Å². The summed E-state index contributed by atoms with van der Waals surface area (Å²) < 4.78 is 10.2. The van der Waals surface area contributed by atoms with E-state index in [0.29, 0.717) is 5.76 Å². The lowest BCUT2D eigenvalue weighted by molar-refractivity contribution is -0.155. The van der Waals surface area contributed by atoms with Crippen molar-refractivity contribution < 1.29 is 18.8 Å². The fraction of sp³-hybridized carbons (Fsp3) is 0.667. The van der Waals surface area contributed by atoms with Gasteiger partial charge in [0.2, 0.25) is 5.91 Å². The predicted molar refractivity (Wildman–Crippen MR) is 77.6 cm³/mol. The van der Waals surface area contributed by atoms with Gasteiger partial charge in [0.1, 0.15) is 11.4 Å². The van der Waals surface area contributed by atoms with Gasteiger partial charge in [-0.25, -0.2) is 0 Å². The van der Waals surface area contributed by atoms with Crippen LogP contribution in [0.5, 0.6) is 0 Å². The number of carbonyl (C=O) groups is 2. The molecule has 1 N–H and O–H groups in total. The number of hydrogen-bond acceptors (Lipinski definition) is 5. The highest BCUT2D eigenvalue weighted by molar-refractivity contribution is 5.81. The first-order valence-corrected chi connectivity index (χ1v) is 7.04. The van der Waals surface area contributed by atoms with Crippen molar-refractivity contribution in [3.05, 3.63) is 17.0 Å². The molecule has 0 saturated carbocycles. The van der Waals surface area contributed by atoms with Crippen molar-refractivity contribution in [1.82, 2.24) is 10.5 Å². The molecule has 0 aliphatic heterocycles. The first-order valence-electron chi connectivity index (χ1n) is 7.04. The molecule has 0 saturated heterocycles. The van der Waals surface area contributed by atoms with E-state index in [0.717, 1.165) is 11.3 Å². The number of nitrogens with zero attached hydrogens (tertiary/aromatic N) is 1. The van der Waals surface area contributed by atoms with E-state index in [2.05, 4.69) is 10.5 Å². The molecule has 1 unspecified atom stereocenters. The maximum absolute atomic E-state index is 11.9. The lowest BCUT2D eigenvalue weighted by atomic mass is 10.1. The number of ether oxygens (including phenoxy) is 1. The molecule has 0 aliphatic carbocycles. The number of amides is 1. The number of nitrogens with one attached hydrogen (secondary N) is 1. The first kappa shape index (κ1) is 17.2. The minimum atomic E-state index is -0.530. The zero-order valence-corrected chi connectivity index (χ0v) is 13.6. The standard InChI is InChI=1S/C15H24N2O4/c1-9(14-10(2)17-21-11(14)3)16-12(18)7-8-13(19)20-15(4,5)6/h9H,7-8H2,1-6H3,(H,16,18). The highest BCUT2D eigenvalue weighted by atomic mass is 16.6. The van der Waals surface area contributed by atoms with E-state index < -0.39 is 5.60 Å². The second-order valence-corrected chi connectivity index (χ2v) is 6.11. The number of aryl methyl sites for hydroxylation is 2. The Morgan fingerprint density at radius 3 is 2.38 bits per heavy atom. The van der Waals surface area contributed by atoms with Crippen LogP contribution < -0.4 is 5.32 Å². The van der Waals surface area contributed by atoms with Crippen LogP contribution in [0.3, 0.4) is 0 Å². The van der Waals surface area contributed by atoms with Crippen LogP contribution in [0.2, 0.25) is 0 Å². The first-order chi connectivity index (χ1) is 9.60. The Morgan fingerprint density at radius 1 is 1.29 bits per heavy atom. The van der Waals surface area contributed by atoms with Crippen LogP contribution in [0.25, 0.3) is 0 Å². The number of hydrogen-bond donors (Lipinski definition) is 1. The molecule has 118 valence electrons. The average Bonchev–Trinajstić information content (AvgIpc) is 2.64. The Balaban J connectivity index is 2.46. The molecule has 21 heavy (non-hydrogen) atoms. The third-order valence-electron chi connectivity index (χ3n) is 2.88. The summed E-state index contributed by atoms with van der Waals surface area (Å²) in [6.45, 7) is 10.9. The molecule has 6 heteroatoms. The minimum Gasteiger partial charge on any atom is -0.460 e. The van der Waals surface area contributed by atoms with E-state index >= 15 is 0 Å². The lowest BCUT2D eigenvalue weighted by Crippen LogP contribution is -2.29. The van der Waals surface area contributed by atoms with Gasteiger partial charge in [0.25, 0.3) is 0 Å². The van der Waals surface area contributed by atoms with Gasteiger partial charge in [-0.2, -0.15) is 0 Å². The normalized spacial score (nSPS) is 12.9. The third-order valence-corrected chi connectivity index (χ3v) is 2.88. The number of rotatable bonds is 5. The molecule has 0 radical (unpaired) electrons. The van der Waals surface area contributed by atoms with Gasteiger partial charge in [-0.15, -0.1) is 0 Å². The lowest BCUT2D eigenvalue weighted by Gasteiger charge is -2.19. The SMILES string of the molecule is Cc1noc(C)c1C(C)NC(=O)CCC(=O)OC(C)(C)C. The Hall–Kier alpha value is -1.85. The zero-order chi connectivity index (χ0) is 16.2. The van der Waals surface area contributed by atoms with Crippen LogP contribution in [0.1, 0.15) is 63.6 Å². The number of carbonyl (C=O) groups excluding carboxylic acids is 2. The number of aromatic nitrogens is 1. The summed E-state index contributed by atoms with van der Waals surface area (Å²) in [5, 5.41) is 6.69. The molecule has 0 aromatic carbocycles.